The highest BCUT2D eigenvalue weighted by atomic mass is 16.1. The normalized spacial score (nSPS) is 11.8. The summed E-state index contributed by atoms with van der Waals surface area (Å²) in [4.78, 5) is 30.1. The van der Waals surface area contributed by atoms with Crippen molar-refractivity contribution in [2.45, 2.75) is 26.3 Å². The van der Waals surface area contributed by atoms with Crippen LogP contribution in [0.15, 0.2) is 67.4 Å². The van der Waals surface area contributed by atoms with Gasteiger partial charge in [-0.15, -0.1) is 0 Å². The van der Waals surface area contributed by atoms with E-state index < -0.39 is 0 Å². The third-order valence-electron chi connectivity index (χ3n) is 4.66. The minimum atomic E-state index is -0.189. The van der Waals surface area contributed by atoms with Crippen molar-refractivity contribution in [3.8, 4) is 17.2 Å². The molecule has 0 aliphatic rings. The number of hydrogen-bond donors (Lipinski definition) is 1. The number of pyridine rings is 2. The van der Waals surface area contributed by atoms with Crippen LogP contribution in [0.4, 0.5) is 0 Å². The summed E-state index contributed by atoms with van der Waals surface area (Å²) in [7, 11) is 0. The van der Waals surface area contributed by atoms with Gasteiger partial charge in [-0.3, -0.25) is 14.8 Å². The highest BCUT2D eigenvalue weighted by molar-refractivity contribution is 5.95. The van der Waals surface area contributed by atoms with Crippen LogP contribution < -0.4 is 5.32 Å². The van der Waals surface area contributed by atoms with Crippen LogP contribution in [-0.4, -0.2) is 41.7 Å². The van der Waals surface area contributed by atoms with Gasteiger partial charge in [0, 0.05) is 48.5 Å². The lowest BCUT2D eigenvalue weighted by Crippen LogP contribution is -2.34. The number of carbonyl (C=O) groups is 1. The Kier molecular flexibility index (Phi) is 5.56. The summed E-state index contributed by atoms with van der Waals surface area (Å²) < 4.78 is 1.57. The van der Waals surface area contributed by atoms with E-state index in [1.54, 1.807) is 29.5 Å². The molecule has 1 unspecified atom stereocenters. The Labute approximate surface area is 174 Å². The first-order valence-corrected chi connectivity index (χ1v) is 9.61. The van der Waals surface area contributed by atoms with E-state index in [1.165, 1.54) is 6.20 Å². The first kappa shape index (κ1) is 19.4. The second kappa shape index (κ2) is 8.60. The predicted octanol–water partition coefficient (Wildman–Crippen LogP) is 2.79. The van der Waals surface area contributed by atoms with Gasteiger partial charge in [-0.1, -0.05) is 6.07 Å². The smallest absolute Gasteiger partial charge is 0.254 e. The van der Waals surface area contributed by atoms with Crippen LogP contribution in [0.25, 0.3) is 17.2 Å². The van der Waals surface area contributed by atoms with Crippen molar-refractivity contribution in [1.82, 2.24) is 35.0 Å². The van der Waals surface area contributed by atoms with Gasteiger partial charge in [-0.2, -0.15) is 5.10 Å². The molecule has 0 fully saturated rings. The summed E-state index contributed by atoms with van der Waals surface area (Å²) in [5.74, 6) is 0.208. The number of hydrogen-bond acceptors (Lipinski definition) is 6. The van der Waals surface area contributed by atoms with Crippen molar-refractivity contribution in [2.75, 3.05) is 0 Å². The molecule has 4 heterocycles. The Balaban J connectivity index is 1.52. The van der Waals surface area contributed by atoms with Crippen LogP contribution >= 0.6 is 0 Å². The van der Waals surface area contributed by atoms with Gasteiger partial charge in [0.25, 0.3) is 11.9 Å². The van der Waals surface area contributed by atoms with E-state index in [0.29, 0.717) is 23.6 Å². The molecule has 0 saturated carbocycles. The molecule has 8 heteroatoms. The van der Waals surface area contributed by atoms with Gasteiger partial charge in [0.1, 0.15) is 0 Å². The van der Waals surface area contributed by atoms with Crippen LogP contribution in [0.5, 0.6) is 0 Å². The Bertz CT molecular complexity index is 1140. The molecule has 0 bridgehead atoms. The number of carbonyl (C=O) groups excluding carboxylic acids is 1. The Morgan fingerprint density at radius 2 is 1.97 bits per heavy atom. The second-order valence-electron chi connectivity index (χ2n) is 6.94. The fraction of sp³-hybridized carbons (Fsp3) is 0.182. The number of amides is 1. The molecule has 0 radical (unpaired) electrons. The molecular weight excluding hydrogens is 378 g/mol. The minimum absolute atomic E-state index is 0.0692. The van der Waals surface area contributed by atoms with Crippen LogP contribution in [0, 0.1) is 6.92 Å². The summed E-state index contributed by atoms with van der Waals surface area (Å²) in [6.45, 7) is 3.78. The molecule has 4 aromatic heterocycles. The second-order valence-corrected chi connectivity index (χ2v) is 6.94. The summed E-state index contributed by atoms with van der Waals surface area (Å²) >= 11 is 0. The minimum Gasteiger partial charge on any atom is -0.349 e. The zero-order valence-corrected chi connectivity index (χ0v) is 16.7. The number of nitrogens with zero attached hydrogens (tertiary/aromatic N) is 6. The molecule has 0 saturated heterocycles. The Hall–Kier alpha value is -3.94. The van der Waals surface area contributed by atoms with Crippen LogP contribution in [0.2, 0.25) is 0 Å². The van der Waals surface area contributed by atoms with Crippen LogP contribution in [0.3, 0.4) is 0 Å². The van der Waals surface area contributed by atoms with Gasteiger partial charge in [0.2, 0.25) is 0 Å². The van der Waals surface area contributed by atoms with Crippen molar-refractivity contribution in [3.63, 3.8) is 0 Å². The third-order valence-corrected chi connectivity index (χ3v) is 4.66. The quantitative estimate of drug-likeness (QED) is 0.535. The first-order chi connectivity index (χ1) is 14.6. The predicted molar refractivity (Wildman–Crippen MR) is 112 cm³/mol. The van der Waals surface area contributed by atoms with Crippen molar-refractivity contribution in [3.05, 3.63) is 84.3 Å². The van der Waals surface area contributed by atoms with Gasteiger partial charge in [-0.25, -0.2) is 14.6 Å². The van der Waals surface area contributed by atoms with Gasteiger partial charge in [-0.05, 0) is 44.2 Å². The maximum atomic E-state index is 12.8. The van der Waals surface area contributed by atoms with E-state index in [9.17, 15) is 4.79 Å². The SMILES string of the molecule is Cc1c(C(=O)NC(C)Cc2ccccn2)cnn1-c1nccc(-c2cccnc2)n1. The molecule has 4 aromatic rings. The molecule has 1 atom stereocenters. The van der Waals surface area contributed by atoms with E-state index in [1.807, 2.05) is 50.2 Å². The largest absolute Gasteiger partial charge is 0.349 e. The third kappa shape index (κ3) is 4.22. The van der Waals surface area contributed by atoms with Crippen LogP contribution in [-0.2, 0) is 6.42 Å². The van der Waals surface area contributed by atoms with Gasteiger partial charge in [0.15, 0.2) is 0 Å². The Morgan fingerprint density at radius 3 is 2.73 bits per heavy atom. The molecule has 1 N–H and O–H groups in total. The van der Waals surface area contributed by atoms with Gasteiger partial charge < -0.3 is 5.32 Å². The van der Waals surface area contributed by atoms with Crippen LogP contribution in [0.1, 0.15) is 28.7 Å². The number of nitrogens with one attached hydrogen (secondary N) is 1. The molecule has 0 spiro atoms. The van der Waals surface area contributed by atoms with Gasteiger partial charge in [0.05, 0.1) is 23.1 Å². The van der Waals surface area contributed by atoms with Crippen molar-refractivity contribution in [2.24, 2.45) is 0 Å². The number of rotatable bonds is 6. The van der Waals surface area contributed by atoms with Crippen molar-refractivity contribution < 1.29 is 4.79 Å². The topological polar surface area (TPSA) is 98.5 Å². The highest BCUT2D eigenvalue weighted by Gasteiger charge is 2.18. The van der Waals surface area contributed by atoms with E-state index >= 15 is 0 Å². The van der Waals surface area contributed by atoms with E-state index in [-0.39, 0.29) is 11.9 Å². The monoisotopic (exact) mass is 399 g/mol. The standard InChI is InChI=1S/C22H21N7O/c1-15(12-18-7-3-4-10-24-18)27-21(30)19-14-26-29(16(19)2)22-25-11-8-20(28-22)17-6-5-9-23-13-17/h3-11,13-15H,12H2,1-2H3,(H,27,30). The zero-order valence-electron chi connectivity index (χ0n) is 16.7. The average molecular weight is 399 g/mol. The molecule has 0 aliphatic heterocycles. The number of aromatic nitrogens is 6. The summed E-state index contributed by atoms with van der Waals surface area (Å²) in [6.07, 6.45) is 9.05. The summed E-state index contributed by atoms with van der Waals surface area (Å²) in [6, 6.07) is 11.3. The maximum absolute atomic E-state index is 12.8. The maximum Gasteiger partial charge on any atom is 0.254 e. The lowest BCUT2D eigenvalue weighted by Gasteiger charge is -2.13. The molecule has 4 rings (SSSR count). The summed E-state index contributed by atoms with van der Waals surface area (Å²) in [5.41, 5.74) is 3.70. The molecule has 150 valence electrons. The molecule has 30 heavy (non-hydrogen) atoms. The highest BCUT2D eigenvalue weighted by Crippen LogP contribution is 2.17. The molecule has 8 nitrogen and oxygen atoms in total. The van der Waals surface area contributed by atoms with E-state index in [4.69, 9.17) is 0 Å². The van der Waals surface area contributed by atoms with Crippen molar-refractivity contribution >= 4 is 5.91 Å². The van der Waals surface area contributed by atoms with E-state index in [0.717, 1.165) is 17.0 Å². The zero-order chi connectivity index (χ0) is 20.9. The fourth-order valence-electron chi connectivity index (χ4n) is 3.14. The molecular formula is C22H21N7O. The lowest BCUT2D eigenvalue weighted by molar-refractivity contribution is 0.0939. The Morgan fingerprint density at radius 1 is 1.07 bits per heavy atom. The first-order valence-electron chi connectivity index (χ1n) is 9.61. The van der Waals surface area contributed by atoms with Gasteiger partial charge >= 0.3 is 0 Å². The fourth-order valence-corrected chi connectivity index (χ4v) is 3.14. The summed E-state index contributed by atoms with van der Waals surface area (Å²) in [5, 5.41) is 7.34. The molecule has 0 aliphatic carbocycles. The average Bonchev–Trinajstić information content (AvgIpc) is 3.16. The lowest BCUT2D eigenvalue weighted by atomic mass is 10.1. The molecule has 1 amide bonds. The van der Waals surface area contributed by atoms with Crippen molar-refractivity contribution in [1.29, 1.82) is 0 Å². The van der Waals surface area contributed by atoms with E-state index in [2.05, 4.69) is 30.4 Å². The molecule has 0 aromatic carbocycles.